The summed E-state index contributed by atoms with van der Waals surface area (Å²) in [6.45, 7) is 2.25. The Labute approximate surface area is 126 Å². The molecule has 1 atom stereocenters. The highest BCUT2D eigenvalue weighted by Crippen LogP contribution is 2.26. The molecule has 0 amide bonds. The molecule has 1 aromatic carbocycles. The van der Waals surface area contributed by atoms with Crippen molar-refractivity contribution in [3.05, 3.63) is 61.8 Å². The molecule has 5 nitrogen and oxygen atoms in total. The van der Waals surface area contributed by atoms with Crippen molar-refractivity contribution in [1.82, 2.24) is 4.90 Å². The van der Waals surface area contributed by atoms with Crippen LogP contribution in [-0.2, 0) is 13.0 Å². The van der Waals surface area contributed by atoms with Gasteiger partial charge in [-0.3, -0.25) is 15.0 Å². The van der Waals surface area contributed by atoms with Gasteiger partial charge in [-0.15, -0.1) is 11.3 Å². The van der Waals surface area contributed by atoms with E-state index in [-0.39, 0.29) is 5.69 Å². The maximum Gasteiger partial charge on any atom is 0.269 e. The number of nitro benzene ring substituents is 1. The number of hydrogen-bond donors (Lipinski definition) is 1. The van der Waals surface area contributed by atoms with Gasteiger partial charge in [0.05, 0.1) is 11.0 Å². The van der Waals surface area contributed by atoms with Gasteiger partial charge in [-0.25, -0.2) is 0 Å². The van der Waals surface area contributed by atoms with E-state index in [9.17, 15) is 15.2 Å². The molecule has 0 saturated carbocycles. The monoisotopic (exact) mass is 304 g/mol. The second-order valence-electron chi connectivity index (χ2n) is 5.22. The molecule has 6 heteroatoms. The number of nitrogens with zero attached hydrogens (tertiary/aromatic N) is 2. The molecule has 1 unspecified atom stereocenters. The van der Waals surface area contributed by atoms with Crippen LogP contribution in [0, 0.1) is 10.1 Å². The van der Waals surface area contributed by atoms with E-state index in [1.165, 1.54) is 22.6 Å². The van der Waals surface area contributed by atoms with Crippen molar-refractivity contribution in [2.24, 2.45) is 0 Å². The molecule has 1 N–H and O–H groups in total. The number of β-amino-alcohol motifs (C(OH)–C–C–N with tert-alkyl or cyclic N) is 1. The molecule has 0 fully saturated rings. The summed E-state index contributed by atoms with van der Waals surface area (Å²) in [4.78, 5) is 14.0. The van der Waals surface area contributed by atoms with Crippen molar-refractivity contribution in [2.75, 3.05) is 13.1 Å². The lowest BCUT2D eigenvalue weighted by Crippen LogP contribution is -2.33. The Bertz CT molecular complexity index is 656. The highest BCUT2D eigenvalue weighted by atomic mass is 32.1. The molecular formula is C15H16N2O3S. The maximum atomic E-state index is 10.8. The van der Waals surface area contributed by atoms with Crippen molar-refractivity contribution < 1.29 is 10.0 Å². The molecule has 1 aromatic heterocycles. The van der Waals surface area contributed by atoms with Crippen molar-refractivity contribution >= 4 is 17.0 Å². The molecule has 0 radical (unpaired) electrons. The van der Waals surface area contributed by atoms with Crippen LogP contribution in [0.5, 0.6) is 0 Å². The third kappa shape index (κ3) is 3.12. The molecule has 2 aromatic rings. The number of non-ortho nitro benzene ring substituents is 1. The topological polar surface area (TPSA) is 66.6 Å². The zero-order chi connectivity index (χ0) is 14.8. The van der Waals surface area contributed by atoms with Crippen molar-refractivity contribution in [1.29, 1.82) is 0 Å². The molecule has 0 spiro atoms. The molecule has 1 aliphatic rings. The van der Waals surface area contributed by atoms with Crippen LogP contribution >= 0.6 is 11.3 Å². The van der Waals surface area contributed by atoms with Crippen LogP contribution in [0.2, 0.25) is 0 Å². The summed E-state index contributed by atoms with van der Waals surface area (Å²) in [6.07, 6.45) is 0.305. The highest BCUT2D eigenvalue weighted by molar-refractivity contribution is 7.10. The lowest BCUT2D eigenvalue weighted by atomic mass is 10.1. The lowest BCUT2D eigenvalue weighted by Gasteiger charge is -2.28. The molecule has 0 bridgehead atoms. The minimum atomic E-state index is -0.704. The van der Waals surface area contributed by atoms with Gasteiger partial charge in [-0.2, -0.15) is 0 Å². The largest absolute Gasteiger partial charge is 0.387 e. The van der Waals surface area contributed by atoms with Crippen molar-refractivity contribution in [3.8, 4) is 0 Å². The summed E-state index contributed by atoms with van der Waals surface area (Å²) in [5, 5.41) is 23.2. The Morgan fingerprint density at radius 1 is 1.43 bits per heavy atom. The van der Waals surface area contributed by atoms with Gasteiger partial charge in [0.15, 0.2) is 0 Å². The normalized spacial score (nSPS) is 16.4. The van der Waals surface area contributed by atoms with Crippen molar-refractivity contribution in [3.63, 3.8) is 0 Å². The van der Waals surface area contributed by atoms with Gasteiger partial charge in [0.25, 0.3) is 5.69 Å². The summed E-state index contributed by atoms with van der Waals surface area (Å²) in [6, 6.07) is 8.37. The summed E-state index contributed by atoms with van der Waals surface area (Å²) >= 11 is 1.78. The first-order valence-corrected chi connectivity index (χ1v) is 7.71. The Kier molecular flexibility index (Phi) is 4.01. The average Bonchev–Trinajstić information content (AvgIpc) is 2.95. The molecule has 3 rings (SSSR count). The second kappa shape index (κ2) is 5.93. The van der Waals surface area contributed by atoms with E-state index in [1.54, 1.807) is 23.5 Å². The number of benzene rings is 1. The van der Waals surface area contributed by atoms with E-state index >= 15 is 0 Å². The maximum absolute atomic E-state index is 10.8. The first-order valence-electron chi connectivity index (χ1n) is 6.83. The van der Waals surface area contributed by atoms with E-state index in [4.69, 9.17) is 0 Å². The fraction of sp³-hybridized carbons (Fsp3) is 0.333. The Hall–Kier alpha value is -1.76. The van der Waals surface area contributed by atoms with E-state index < -0.39 is 11.0 Å². The molecule has 0 saturated heterocycles. The number of nitro groups is 1. The summed E-state index contributed by atoms with van der Waals surface area (Å²) in [5.74, 6) is 0. The summed E-state index contributed by atoms with van der Waals surface area (Å²) in [7, 11) is 0. The first-order chi connectivity index (χ1) is 10.1. The van der Waals surface area contributed by atoms with E-state index in [2.05, 4.69) is 16.3 Å². The van der Waals surface area contributed by atoms with Gasteiger partial charge < -0.3 is 5.11 Å². The van der Waals surface area contributed by atoms with Crippen molar-refractivity contribution in [2.45, 2.75) is 19.1 Å². The summed E-state index contributed by atoms with van der Waals surface area (Å²) < 4.78 is 0. The third-order valence-corrected chi connectivity index (χ3v) is 4.81. The third-order valence-electron chi connectivity index (χ3n) is 3.78. The summed E-state index contributed by atoms with van der Waals surface area (Å²) in [5.41, 5.74) is 1.95. The minimum absolute atomic E-state index is 0.0188. The zero-order valence-corrected chi connectivity index (χ0v) is 12.3. The van der Waals surface area contributed by atoms with Crippen LogP contribution in [0.3, 0.4) is 0 Å². The van der Waals surface area contributed by atoms with Crippen LogP contribution in [-0.4, -0.2) is 28.0 Å². The molecule has 0 aliphatic carbocycles. The van der Waals surface area contributed by atoms with Crippen LogP contribution in [0.1, 0.15) is 22.1 Å². The van der Waals surface area contributed by atoms with Gasteiger partial charge in [0, 0.05) is 36.6 Å². The Morgan fingerprint density at radius 3 is 3.10 bits per heavy atom. The highest BCUT2D eigenvalue weighted by Gasteiger charge is 2.21. The molecule has 110 valence electrons. The first kappa shape index (κ1) is 14.2. The van der Waals surface area contributed by atoms with Gasteiger partial charge in [0.1, 0.15) is 0 Å². The molecular weight excluding hydrogens is 288 g/mol. The standard InChI is InChI=1S/C15H16N2O3S/c18-14(11-2-1-3-13(8-11)17(19)20)10-16-6-4-15-12(9-16)5-7-21-15/h1-3,5,7-8,14,18H,4,6,9-10H2. The Balaban J connectivity index is 1.68. The van der Waals surface area contributed by atoms with Gasteiger partial charge >= 0.3 is 0 Å². The minimum Gasteiger partial charge on any atom is -0.387 e. The number of thiophene rings is 1. The number of rotatable bonds is 4. The zero-order valence-electron chi connectivity index (χ0n) is 11.4. The van der Waals surface area contributed by atoms with Gasteiger partial charge in [-0.1, -0.05) is 12.1 Å². The van der Waals surface area contributed by atoms with Crippen LogP contribution in [0.15, 0.2) is 35.7 Å². The second-order valence-corrected chi connectivity index (χ2v) is 6.22. The van der Waals surface area contributed by atoms with E-state index in [0.717, 1.165) is 19.5 Å². The number of aliphatic hydroxyl groups excluding tert-OH is 1. The molecule has 1 aliphatic heterocycles. The van der Waals surface area contributed by atoms with Crippen LogP contribution in [0.4, 0.5) is 5.69 Å². The van der Waals surface area contributed by atoms with Gasteiger partial charge in [-0.05, 0) is 29.0 Å². The van der Waals surface area contributed by atoms with E-state index in [0.29, 0.717) is 12.1 Å². The predicted octanol–water partition coefficient (Wildman–Crippen LogP) is 2.75. The predicted molar refractivity (Wildman–Crippen MR) is 81.4 cm³/mol. The van der Waals surface area contributed by atoms with Gasteiger partial charge in [0.2, 0.25) is 0 Å². The van der Waals surface area contributed by atoms with E-state index in [1.807, 2.05) is 0 Å². The lowest BCUT2D eigenvalue weighted by molar-refractivity contribution is -0.385. The SMILES string of the molecule is O=[N+]([O-])c1cccc(C(O)CN2CCc3sccc3C2)c1. The number of hydrogen-bond acceptors (Lipinski definition) is 5. The Morgan fingerprint density at radius 2 is 2.29 bits per heavy atom. The average molecular weight is 304 g/mol. The fourth-order valence-electron chi connectivity index (χ4n) is 2.66. The molecule has 2 heterocycles. The quantitative estimate of drug-likeness (QED) is 0.696. The van der Waals surface area contributed by atoms with Crippen LogP contribution < -0.4 is 0 Å². The molecule has 21 heavy (non-hydrogen) atoms. The number of aliphatic hydroxyl groups is 1. The smallest absolute Gasteiger partial charge is 0.269 e. The van der Waals surface area contributed by atoms with Crippen LogP contribution in [0.25, 0.3) is 0 Å². The number of fused-ring (bicyclic) bond motifs is 1. The fourth-order valence-corrected chi connectivity index (χ4v) is 3.55.